The molecule has 5 nitrogen and oxygen atoms in total. The van der Waals surface area contributed by atoms with Gasteiger partial charge in [0.2, 0.25) is 0 Å². The molecule has 9 rings (SSSR count). The third-order valence-electron chi connectivity index (χ3n) is 8.35. The molecular weight excluding hydrogens is 605 g/mol. The SMILES string of the molecule is Cc1ccc2c(n1)[se]c1c(-c3cccc(N(c4ccccc4)c4ccc5c6ccccc6n6ccnc6c5c4)n3)cccc12. The van der Waals surface area contributed by atoms with Crippen molar-refractivity contribution in [3.8, 4) is 11.3 Å². The zero-order valence-corrected chi connectivity index (χ0v) is 25.6. The minimum atomic E-state index is 0.126. The van der Waals surface area contributed by atoms with E-state index in [9.17, 15) is 0 Å². The number of para-hydroxylation sites is 2. The van der Waals surface area contributed by atoms with E-state index in [-0.39, 0.29) is 14.5 Å². The second-order valence-corrected chi connectivity index (χ2v) is 13.1. The van der Waals surface area contributed by atoms with Crippen LogP contribution in [0.25, 0.3) is 58.0 Å². The Morgan fingerprint density at radius 1 is 0.636 bits per heavy atom. The average Bonchev–Trinajstić information content (AvgIpc) is 3.71. The van der Waals surface area contributed by atoms with E-state index in [0.717, 1.165) is 45.1 Å². The molecule has 0 aliphatic rings. The second kappa shape index (κ2) is 9.88. The molecule has 0 aliphatic heterocycles. The molecule has 5 heterocycles. The summed E-state index contributed by atoms with van der Waals surface area (Å²) in [6.07, 6.45) is 3.92. The third-order valence-corrected chi connectivity index (χ3v) is 10.8. The van der Waals surface area contributed by atoms with Gasteiger partial charge in [-0.2, -0.15) is 0 Å². The number of hydrogen-bond donors (Lipinski definition) is 0. The second-order valence-electron chi connectivity index (χ2n) is 11.0. The molecular formula is C38H25N5Se. The van der Waals surface area contributed by atoms with E-state index in [2.05, 4.69) is 138 Å². The molecule has 208 valence electrons. The van der Waals surface area contributed by atoms with Crippen LogP contribution in [0.4, 0.5) is 17.2 Å². The molecule has 0 amide bonds. The molecule has 0 aliphatic carbocycles. The Morgan fingerprint density at radius 3 is 2.39 bits per heavy atom. The summed E-state index contributed by atoms with van der Waals surface area (Å²) in [6, 6.07) is 42.9. The van der Waals surface area contributed by atoms with Crippen LogP contribution in [-0.4, -0.2) is 33.9 Å². The van der Waals surface area contributed by atoms with E-state index in [1.54, 1.807) is 0 Å². The summed E-state index contributed by atoms with van der Waals surface area (Å²) in [5.74, 6) is 0.864. The maximum atomic E-state index is 5.33. The Bertz CT molecular complexity index is 2530. The predicted octanol–water partition coefficient (Wildman–Crippen LogP) is 9.24. The summed E-state index contributed by atoms with van der Waals surface area (Å²) >= 11 is 0.126. The molecule has 4 aromatic carbocycles. The van der Waals surface area contributed by atoms with Crippen LogP contribution in [-0.2, 0) is 0 Å². The summed E-state index contributed by atoms with van der Waals surface area (Å²) < 4.78 is 4.73. The summed E-state index contributed by atoms with van der Waals surface area (Å²) in [4.78, 5) is 17.2. The summed E-state index contributed by atoms with van der Waals surface area (Å²) in [7, 11) is 0. The molecule has 0 radical (unpaired) electrons. The third kappa shape index (κ3) is 3.89. The van der Waals surface area contributed by atoms with E-state index in [0.29, 0.717) is 0 Å². The number of anilines is 3. The van der Waals surface area contributed by atoms with Gasteiger partial charge in [-0.05, 0) is 6.07 Å². The number of rotatable bonds is 4. The summed E-state index contributed by atoms with van der Waals surface area (Å²) in [5.41, 5.74) is 7.38. The summed E-state index contributed by atoms with van der Waals surface area (Å²) in [6.45, 7) is 2.07. The number of pyridine rings is 3. The van der Waals surface area contributed by atoms with Gasteiger partial charge in [0.1, 0.15) is 0 Å². The fourth-order valence-corrected chi connectivity index (χ4v) is 8.97. The van der Waals surface area contributed by atoms with Crippen LogP contribution in [0.2, 0.25) is 0 Å². The van der Waals surface area contributed by atoms with Gasteiger partial charge in [-0.1, -0.05) is 12.1 Å². The van der Waals surface area contributed by atoms with Gasteiger partial charge in [-0.25, -0.2) is 0 Å². The first-order valence-corrected chi connectivity index (χ1v) is 16.3. The van der Waals surface area contributed by atoms with Crippen molar-refractivity contribution in [1.29, 1.82) is 0 Å². The Labute approximate surface area is 259 Å². The number of benzene rings is 4. The first-order chi connectivity index (χ1) is 21.7. The minimum absolute atomic E-state index is 0.126. The van der Waals surface area contributed by atoms with Crippen molar-refractivity contribution < 1.29 is 0 Å². The van der Waals surface area contributed by atoms with Crippen LogP contribution < -0.4 is 4.90 Å². The van der Waals surface area contributed by atoms with Gasteiger partial charge in [0.05, 0.1) is 0 Å². The number of imidazole rings is 1. The van der Waals surface area contributed by atoms with Crippen molar-refractivity contribution in [1.82, 2.24) is 19.4 Å². The van der Waals surface area contributed by atoms with Crippen LogP contribution in [0.15, 0.2) is 134 Å². The molecule has 44 heavy (non-hydrogen) atoms. The number of aryl methyl sites for hydroxylation is 1. The Balaban J connectivity index is 1.25. The number of aromatic nitrogens is 4. The molecule has 0 atom stereocenters. The van der Waals surface area contributed by atoms with Gasteiger partial charge in [0.15, 0.2) is 0 Å². The van der Waals surface area contributed by atoms with E-state index in [4.69, 9.17) is 15.0 Å². The average molecular weight is 631 g/mol. The molecule has 9 aromatic rings. The van der Waals surface area contributed by atoms with Gasteiger partial charge in [-0.3, -0.25) is 0 Å². The van der Waals surface area contributed by atoms with Crippen molar-refractivity contribution in [2.24, 2.45) is 0 Å². The van der Waals surface area contributed by atoms with Crippen LogP contribution in [0.3, 0.4) is 0 Å². The van der Waals surface area contributed by atoms with Crippen molar-refractivity contribution in [2.45, 2.75) is 6.92 Å². The Kier molecular flexibility index (Phi) is 5.67. The fourth-order valence-electron chi connectivity index (χ4n) is 6.36. The van der Waals surface area contributed by atoms with E-state index >= 15 is 0 Å². The van der Waals surface area contributed by atoms with Crippen molar-refractivity contribution in [3.63, 3.8) is 0 Å². The number of fused-ring (bicyclic) bond motifs is 9. The summed E-state index contributed by atoms with van der Waals surface area (Å²) in [5, 5.41) is 6.03. The molecule has 0 fully saturated rings. The Hall–Kier alpha value is -5.29. The predicted molar refractivity (Wildman–Crippen MR) is 183 cm³/mol. The van der Waals surface area contributed by atoms with Gasteiger partial charge in [-0.15, -0.1) is 0 Å². The standard InChI is InChI=1S/C38H25N5Se/c1-24-17-19-30-29-12-7-13-31(36(29)44-38(30)40-24)33-14-8-16-35(41-33)43(25-9-3-2-4-10-25)26-18-20-27-28-11-5-6-15-34(28)42-22-21-39-37(42)32(27)23-26/h2-23H,1H3. The molecule has 0 spiro atoms. The monoisotopic (exact) mass is 631 g/mol. The van der Waals surface area contributed by atoms with Gasteiger partial charge in [0, 0.05) is 0 Å². The van der Waals surface area contributed by atoms with Crippen LogP contribution in [0, 0.1) is 6.92 Å². The molecule has 0 saturated carbocycles. The maximum absolute atomic E-state index is 5.33. The van der Waals surface area contributed by atoms with Crippen molar-refractivity contribution in [2.75, 3.05) is 4.90 Å². The molecule has 6 heteroatoms. The first-order valence-electron chi connectivity index (χ1n) is 14.6. The first kappa shape index (κ1) is 25.2. The zero-order chi connectivity index (χ0) is 29.2. The van der Waals surface area contributed by atoms with Crippen LogP contribution in [0.1, 0.15) is 5.69 Å². The Morgan fingerprint density at radius 2 is 1.45 bits per heavy atom. The number of hydrogen-bond acceptors (Lipinski definition) is 4. The van der Waals surface area contributed by atoms with Crippen molar-refractivity contribution in [3.05, 3.63) is 139 Å². The van der Waals surface area contributed by atoms with Crippen LogP contribution in [0.5, 0.6) is 0 Å². The topological polar surface area (TPSA) is 46.3 Å². The van der Waals surface area contributed by atoms with E-state index < -0.39 is 0 Å². The van der Waals surface area contributed by atoms with Crippen molar-refractivity contribution >= 4 is 78.4 Å². The zero-order valence-electron chi connectivity index (χ0n) is 23.8. The van der Waals surface area contributed by atoms with E-state index in [1.165, 1.54) is 35.8 Å². The molecule has 5 aromatic heterocycles. The van der Waals surface area contributed by atoms with E-state index in [1.807, 2.05) is 12.4 Å². The molecule has 0 saturated heterocycles. The van der Waals surface area contributed by atoms with Gasteiger partial charge in [0.25, 0.3) is 0 Å². The van der Waals surface area contributed by atoms with Crippen LogP contribution >= 0.6 is 0 Å². The fraction of sp³-hybridized carbons (Fsp3) is 0.0263. The number of nitrogens with zero attached hydrogens (tertiary/aromatic N) is 5. The normalized spacial score (nSPS) is 11.8. The molecule has 0 N–H and O–H groups in total. The van der Waals surface area contributed by atoms with Gasteiger partial charge < -0.3 is 0 Å². The quantitative estimate of drug-likeness (QED) is 0.144. The molecule has 0 bridgehead atoms. The molecule has 0 unspecified atom stereocenters. The van der Waals surface area contributed by atoms with Gasteiger partial charge >= 0.3 is 242 Å².